The molecule has 96 valence electrons. The van der Waals surface area contributed by atoms with Crippen molar-refractivity contribution in [1.82, 2.24) is 10.3 Å². The van der Waals surface area contributed by atoms with E-state index in [-0.39, 0.29) is 0 Å². The van der Waals surface area contributed by atoms with Crippen molar-refractivity contribution < 1.29 is 9.15 Å². The molecule has 2 aromatic rings. The summed E-state index contributed by atoms with van der Waals surface area (Å²) in [6, 6.07) is 6.43. The van der Waals surface area contributed by atoms with Crippen molar-refractivity contribution in [3.8, 4) is 0 Å². The smallest absolute Gasteiger partial charge is 0.209 e. The maximum atomic E-state index is 5.73. The van der Waals surface area contributed by atoms with Gasteiger partial charge in [-0.3, -0.25) is 0 Å². The van der Waals surface area contributed by atoms with Crippen LogP contribution in [0.3, 0.4) is 0 Å². The van der Waals surface area contributed by atoms with Crippen LogP contribution in [-0.4, -0.2) is 24.2 Å². The lowest BCUT2D eigenvalue weighted by Crippen LogP contribution is -2.36. The van der Waals surface area contributed by atoms with Gasteiger partial charge in [0.25, 0.3) is 0 Å². The van der Waals surface area contributed by atoms with Gasteiger partial charge in [-0.15, -0.1) is 0 Å². The first-order valence-corrected chi connectivity index (χ1v) is 6.49. The molecule has 4 heteroatoms. The van der Waals surface area contributed by atoms with Gasteiger partial charge in [-0.1, -0.05) is 12.1 Å². The number of ether oxygens (including phenoxy) is 1. The predicted molar refractivity (Wildman–Crippen MR) is 69.4 cm³/mol. The Hall–Kier alpha value is -1.39. The fraction of sp³-hybridized carbons (Fsp3) is 0.500. The van der Waals surface area contributed by atoms with Crippen LogP contribution >= 0.6 is 0 Å². The Kier molecular flexibility index (Phi) is 3.30. The molecule has 1 aromatic heterocycles. The van der Waals surface area contributed by atoms with E-state index < -0.39 is 0 Å². The topological polar surface area (TPSA) is 47.3 Å². The van der Waals surface area contributed by atoms with Crippen molar-refractivity contribution in [2.75, 3.05) is 13.2 Å². The molecule has 18 heavy (non-hydrogen) atoms. The third-order valence-electron chi connectivity index (χ3n) is 3.37. The minimum Gasteiger partial charge on any atom is -0.439 e. The number of para-hydroxylation sites is 1. The molecule has 0 radical (unpaired) electrons. The van der Waals surface area contributed by atoms with Gasteiger partial charge in [-0.2, -0.15) is 0 Å². The first-order valence-electron chi connectivity index (χ1n) is 6.49. The lowest BCUT2D eigenvalue weighted by atomic mass is 10.1. The largest absolute Gasteiger partial charge is 0.439 e. The average molecular weight is 246 g/mol. The summed E-state index contributed by atoms with van der Waals surface area (Å²) in [6.07, 6.45) is 2.30. The molecule has 0 aliphatic carbocycles. The highest BCUT2D eigenvalue weighted by atomic mass is 16.5. The molecule has 4 nitrogen and oxygen atoms in total. The van der Waals surface area contributed by atoms with Gasteiger partial charge in [-0.05, 0) is 31.4 Å². The van der Waals surface area contributed by atoms with Crippen LogP contribution in [0.25, 0.3) is 11.1 Å². The summed E-state index contributed by atoms with van der Waals surface area (Å²) in [6.45, 7) is 4.40. The van der Waals surface area contributed by atoms with Crippen molar-refractivity contribution >= 4 is 11.1 Å². The van der Waals surface area contributed by atoms with Crippen molar-refractivity contribution in [3.63, 3.8) is 0 Å². The van der Waals surface area contributed by atoms with Crippen molar-refractivity contribution in [3.05, 3.63) is 29.7 Å². The van der Waals surface area contributed by atoms with E-state index in [1.54, 1.807) is 0 Å². The Bertz CT molecular complexity index is 530. The Balaban J connectivity index is 1.69. The SMILES string of the molecule is Cc1cccc2oc(CN[C@H]3CCCOC3)nc12. The van der Waals surface area contributed by atoms with Crippen LogP contribution in [-0.2, 0) is 11.3 Å². The standard InChI is InChI=1S/C14H18N2O2/c1-10-4-2-6-12-14(10)16-13(18-12)8-15-11-5-3-7-17-9-11/h2,4,6,11,15H,3,5,7-9H2,1H3/t11-/m0/s1. The summed E-state index contributed by atoms with van der Waals surface area (Å²) >= 11 is 0. The number of nitrogens with zero attached hydrogens (tertiary/aromatic N) is 1. The predicted octanol–water partition coefficient (Wildman–Crippen LogP) is 2.40. The van der Waals surface area contributed by atoms with E-state index in [0.717, 1.165) is 42.2 Å². The molecule has 0 amide bonds. The summed E-state index contributed by atoms with van der Waals surface area (Å²) in [5.74, 6) is 0.755. The molecule has 1 N–H and O–H groups in total. The molecule has 1 saturated heterocycles. The number of aromatic nitrogens is 1. The molecule has 0 saturated carbocycles. The van der Waals surface area contributed by atoms with Crippen LogP contribution in [0.1, 0.15) is 24.3 Å². The number of aryl methyl sites for hydroxylation is 1. The summed E-state index contributed by atoms with van der Waals surface area (Å²) in [4.78, 5) is 4.53. The molecular formula is C14H18N2O2. The zero-order valence-corrected chi connectivity index (χ0v) is 10.6. The molecule has 0 spiro atoms. The van der Waals surface area contributed by atoms with E-state index in [1.165, 1.54) is 6.42 Å². The number of benzene rings is 1. The normalized spacial score (nSPS) is 20.4. The first-order chi connectivity index (χ1) is 8.83. The highest BCUT2D eigenvalue weighted by Gasteiger charge is 2.14. The van der Waals surface area contributed by atoms with Crippen LogP contribution in [0.4, 0.5) is 0 Å². The Morgan fingerprint density at radius 3 is 3.17 bits per heavy atom. The van der Waals surface area contributed by atoms with Crippen LogP contribution in [0.15, 0.2) is 22.6 Å². The number of hydrogen-bond donors (Lipinski definition) is 1. The van der Waals surface area contributed by atoms with E-state index in [2.05, 4.69) is 23.3 Å². The second-order valence-corrected chi connectivity index (χ2v) is 4.82. The molecule has 1 fully saturated rings. The van der Waals surface area contributed by atoms with E-state index in [1.807, 2.05) is 12.1 Å². The molecule has 1 atom stereocenters. The summed E-state index contributed by atoms with van der Waals surface area (Å²) in [7, 11) is 0. The minimum absolute atomic E-state index is 0.426. The molecule has 2 heterocycles. The van der Waals surface area contributed by atoms with Gasteiger partial charge in [0.15, 0.2) is 5.58 Å². The average Bonchev–Trinajstić information content (AvgIpc) is 2.82. The second-order valence-electron chi connectivity index (χ2n) is 4.82. The van der Waals surface area contributed by atoms with Gasteiger partial charge in [-0.25, -0.2) is 4.98 Å². The third-order valence-corrected chi connectivity index (χ3v) is 3.37. The van der Waals surface area contributed by atoms with Crippen molar-refractivity contribution in [2.24, 2.45) is 0 Å². The Morgan fingerprint density at radius 1 is 1.44 bits per heavy atom. The van der Waals surface area contributed by atoms with Gasteiger partial charge in [0, 0.05) is 12.6 Å². The zero-order valence-electron chi connectivity index (χ0n) is 10.6. The Morgan fingerprint density at radius 2 is 2.39 bits per heavy atom. The monoisotopic (exact) mass is 246 g/mol. The van der Waals surface area contributed by atoms with Crippen LogP contribution < -0.4 is 5.32 Å². The van der Waals surface area contributed by atoms with E-state index >= 15 is 0 Å². The van der Waals surface area contributed by atoms with Gasteiger partial charge in [0.2, 0.25) is 5.89 Å². The molecule has 3 rings (SSSR count). The number of nitrogens with one attached hydrogen (secondary N) is 1. The number of hydrogen-bond acceptors (Lipinski definition) is 4. The van der Waals surface area contributed by atoms with Gasteiger partial charge >= 0.3 is 0 Å². The van der Waals surface area contributed by atoms with Crippen LogP contribution in [0, 0.1) is 6.92 Å². The number of oxazole rings is 1. The lowest BCUT2D eigenvalue weighted by Gasteiger charge is -2.22. The van der Waals surface area contributed by atoms with E-state index in [9.17, 15) is 0 Å². The molecule has 0 unspecified atom stereocenters. The lowest BCUT2D eigenvalue weighted by molar-refractivity contribution is 0.0692. The summed E-state index contributed by atoms with van der Waals surface area (Å²) in [5, 5.41) is 3.44. The van der Waals surface area contributed by atoms with Gasteiger partial charge in [0.05, 0.1) is 13.2 Å². The van der Waals surface area contributed by atoms with E-state index in [4.69, 9.17) is 9.15 Å². The Labute approximate surface area is 106 Å². The molecule has 1 aromatic carbocycles. The van der Waals surface area contributed by atoms with Crippen LogP contribution in [0.2, 0.25) is 0 Å². The maximum Gasteiger partial charge on any atom is 0.209 e. The number of rotatable bonds is 3. The highest BCUT2D eigenvalue weighted by Crippen LogP contribution is 2.19. The molecule has 1 aliphatic rings. The maximum absolute atomic E-state index is 5.73. The third kappa shape index (κ3) is 2.40. The van der Waals surface area contributed by atoms with E-state index in [0.29, 0.717) is 12.6 Å². The fourth-order valence-electron chi connectivity index (χ4n) is 2.34. The first kappa shape index (κ1) is 11.7. The summed E-state index contributed by atoms with van der Waals surface area (Å²) in [5.41, 5.74) is 2.99. The fourth-order valence-corrected chi connectivity index (χ4v) is 2.34. The second kappa shape index (κ2) is 5.08. The zero-order chi connectivity index (χ0) is 12.4. The van der Waals surface area contributed by atoms with Gasteiger partial charge in [0.1, 0.15) is 5.52 Å². The number of fused-ring (bicyclic) bond motifs is 1. The molecule has 1 aliphatic heterocycles. The van der Waals surface area contributed by atoms with Crippen molar-refractivity contribution in [2.45, 2.75) is 32.4 Å². The van der Waals surface area contributed by atoms with Gasteiger partial charge < -0.3 is 14.5 Å². The van der Waals surface area contributed by atoms with Crippen LogP contribution in [0.5, 0.6) is 0 Å². The van der Waals surface area contributed by atoms with Crippen molar-refractivity contribution in [1.29, 1.82) is 0 Å². The summed E-state index contributed by atoms with van der Waals surface area (Å²) < 4.78 is 11.2. The minimum atomic E-state index is 0.426. The molecule has 0 bridgehead atoms. The molecular weight excluding hydrogens is 228 g/mol. The quantitative estimate of drug-likeness (QED) is 0.903. The highest BCUT2D eigenvalue weighted by molar-refractivity contribution is 5.76.